The summed E-state index contributed by atoms with van der Waals surface area (Å²) in [6, 6.07) is 23.7. The molecule has 0 saturated carbocycles. The minimum Gasteiger partial charge on any atom is -0.272 e. The van der Waals surface area contributed by atoms with Crippen LogP contribution in [0.1, 0.15) is 37.5 Å². The first-order valence-electron chi connectivity index (χ1n) is 11.5. The lowest BCUT2D eigenvalue weighted by Crippen LogP contribution is -2.20. The summed E-state index contributed by atoms with van der Waals surface area (Å²) in [4.78, 5) is 12.5. The van der Waals surface area contributed by atoms with E-state index in [4.69, 9.17) is 11.6 Å². The second-order valence-corrected chi connectivity index (χ2v) is 10.8. The molecule has 0 saturated heterocycles. The molecule has 1 heterocycles. The van der Waals surface area contributed by atoms with E-state index in [1.54, 1.807) is 6.21 Å². The lowest BCUT2D eigenvalue weighted by Gasteiger charge is -2.18. The predicted molar refractivity (Wildman–Crippen MR) is 148 cm³/mol. The summed E-state index contributed by atoms with van der Waals surface area (Å²) < 4.78 is 1.95. The zero-order valence-corrected chi connectivity index (χ0v) is 22.3. The van der Waals surface area contributed by atoms with E-state index < -0.39 is 0 Å². The third-order valence-electron chi connectivity index (χ3n) is 5.54. The molecule has 1 aromatic heterocycles. The van der Waals surface area contributed by atoms with Crippen LogP contribution in [0.4, 0.5) is 0 Å². The number of nitrogens with one attached hydrogen (secondary N) is 1. The van der Waals surface area contributed by atoms with Crippen LogP contribution in [-0.2, 0) is 10.2 Å². The Morgan fingerprint density at radius 2 is 1.67 bits per heavy atom. The second-order valence-electron chi connectivity index (χ2n) is 9.44. The summed E-state index contributed by atoms with van der Waals surface area (Å²) in [5, 5.41) is 14.1. The summed E-state index contributed by atoms with van der Waals surface area (Å²) in [5.74, 6) is 0.592. The quantitative estimate of drug-likeness (QED) is 0.174. The molecule has 36 heavy (non-hydrogen) atoms. The van der Waals surface area contributed by atoms with Crippen LogP contribution in [0, 0.1) is 6.92 Å². The number of aromatic nitrogens is 3. The van der Waals surface area contributed by atoms with Gasteiger partial charge >= 0.3 is 0 Å². The number of carbonyl (C=O) groups is 1. The molecule has 4 aromatic rings. The highest BCUT2D eigenvalue weighted by molar-refractivity contribution is 7.99. The summed E-state index contributed by atoms with van der Waals surface area (Å²) >= 11 is 7.37. The lowest BCUT2D eigenvalue weighted by molar-refractivity contribution is -0.118. The molecule has 1 amide bonds. The van der Waals surface area contributed by atoms with Crippen molar-refractivity contribution >= 4 is 35.5 Å². The van der Waals surface area contributed by atoms with Crippen LogP contribution in [0.3, 0.4) is 0 Å². The second kappa shape index (κ2) is 11.1. The summed E-state index contributed by atoms with van der Waals surface area (Å²) in [5.41, 5.74) is 7.80. The Labute approximate surface area is 220 Å². The van der Waals surface area contributed by atoms with Gasteiger partial charge in [0.1, 0.15) is 0 Å². The first-order valence-corrected chi connectivity index (χ1v) is 12.9. The number of rotatable bonds is 7. The molecule has 0 unspecified atom stereocenters. The molecule has 0 fully saturated rings. The van der Waals surface area contributed by atoms with Crippen molar-refractivity contribution in [3.8, 4) is 17.1 Å². The summed E-state index contributed by atoms with van der Waals surface area (Å²) in [7, 11) is 0. The average Bonchev–Trinajstić information content (AvgIpc) is 3.27. The highest BCUT2D eigenvalue weighted by atomic mass is 35.5. The monoisotopic (exact) mass is 517 g/mol. The van der Waals surface area contributed by atoms with Gasteiger partial charge in [0.2, 0.25) is 0 Å². The molecule has 0 aliphatic carbocycles. The third kappa shape index (κ3) is 6.42. The van der Waals surface area contributed by atoms with Gasteiger partial charge in [-0.25, -0.2) is 5.43 Å². The van der Waals surface area contributed by atoms with Gasteiger partial charge < -0.3 is 0 Å². The number of carbonyl (C=O) groups excluding carboxylic acids is 1. The Bertz CT molecular complexity index is 1360. The van der Waals surface area contributed by atoms with Gasteiger partial charge in [-0.05, 0) is 59.9 Å². The van der Waals surface area contributed by atoms with Crippen LogP contribution in [0.5, 0.6) is 0 Å². The molecule has 0 aliphatic rings. The standard InChI is InChI=1S/C28H28ClN5OS/c1-19-5-15-24(16-6-19)34-26(21-9-13-23(29)14-10-21)32-33-27(34)36-18-25(35)31-30-17-20-7-11-22(12-8-20)28(2,3)4/h5-17H,18H2,1-4H3,(H,31,35)/b30-17+. The van der Waals surface area contributed by atoms with Crippen LogP contribution >= 0.6 is 23.4 Å². The molecule has 6 nitrogen and oxygen atoms in total. The van der Waals surface area contributed by atoms with Crippen molar-refractivity contribution in [2.75, 3.05) is 5.75 Å². The van der Waals surface area contributed by atoms with E-state index in [0.717, 1.165) is 22.4 Å². The SMILES string of the molecule is Cc1ccc(-n2c(SCC(=O)N/N=C/c3ccc(C(C)(C)C)cc3)nnc2-c2ccc(Cl)cc2)cc1. The third-order valence-corrected chi connectivity index (χ3v) is 6.72. The summed E-state index contributed by atoms with van der Waals surface area (Å²) in [6.07, 6.45) is 1.64. The minimum absolute atomic E-state index is 0.0909. The van der Waals surface area contributed by atoms with E-state index in [1.807, 2.05) is 72.2 Å². The molecule has 0 atom stereocenters. The van der Waals surface area contributed by atoms with E-state index in [-0.39, 0.29) is 17.1 Å². The maximum Gasteiger partial charge on any atom is 0.250 e. The number of benzene rings is 3. The molecule has 0 bridgehead atoms. The fourth-order valence-electron chi connectivity index (χ4n) is 3.49. The minimum atomic E-state index is -0.228. The Morgan fingerprint density at radius 3 is 2.31 bits per heavy atom. The number of halogens is 1. The van der Waals surface area contributed by atoms with Crippen molar-refractivity contribution in [3.05, 3.63) is 94.5 Å². The zero-order valence-electron chi connectivity index (χ0n) is 20.7. The first-order chi connectivity index (χ1) is 17.2. The fourth-order valence-corrected chi connectivity index (χ4v) is 4.36. The number of hydrogen-bond acceptors (Lipinski definition) is 5. The van der Waals surface area contributed by atoms with Crippen LogP contribution in [0.2, 0.25) is 5.02 Å². The van der Waals surface area contributed by atoms with Crippen molar-refractivity contribution in [3.63, 3.8) is 0 Å². The number of nitrogens with zero attached hydrogens (tertiary/aromatic N) is 4. The van der Waals surface area contributed by atoms with Crippen LogP contribution in [-0.4, -0.2) is 32.6 Å². The van der Waals surface area contributed by atoms with Crippen LogP contribution in [0.25, 0.3) is 17.1 Å². The Morgan fingerprint density at radius 1 is 1.00 bits per heavy atom. The number of amides is 1. The van der Waals surface area contributed by atoms with Gasteiger partial charge in [0.25, 0.3) is 5.91 Å². The van der Waals surface area contributed by atoms with Crippen LogP contribution < -0.4 is 5.43 Å². The highest BCUT2D eigenvalue weighted by Crippen LogP contribution is 2.29. The zero-order chi connectivity index (χ0) is 25.7. The highest BCUT2D eigenvalue weighted by Gasteiger charge is 2.17. The Hall–Kier alpha value is -3.42. The Balaban J connectivity index is 1.46. The summed E-state index contributed by atoms with van der Waals surface area (Å²) in [6.45, 7) is 8.56. The van der Waals surface area contributed by atoms with E-state index in [1.165, 1.54) is 17.3 Å². The number of aryl methyl sites for hydroxylation is 1. The number of hydrazone groups is 1. The van der Waals surface area contributed by atoms with Gasteiger partial charge in [-0.15, -0.1) is 10.2 Å². The Kier molecular flexibility index (Phi) is 7.91. The van der Waals surface area contributed by atoms with Gasteiger partial charge in [-0.2, -0.15) is 5.10 Å². The molecular formula is C28H28ClN5OS. The maximum atomic E-state index is 12.5. The average molecular weight is 518 g/mol. The molecular weight excluding hydrogens is 490 g/mol. The van der Waals surface area contributed by atoms with E-state index in [9.17, 15) is 4.79 Å². The molecule has 184 valence electrons. The molecule has 0 spiro atoms. The maximum absolute atomic E-state index is 12.5. The molecule has 8 heteroatoms. The normalized spacial score (nSPS) is 11.7. The molecule has 0 aliphatic heterocycles. The molecule has 4 rings (SSSR count). The smallest absolute Gasteiger partial charge is 0.250 e. The molecule has 1 N–H and O–H groups in total. The van der Waals surface area contributed by atoms with Gasteiger partial charge in [0, 0.05) is 16.3 Å². The number of thioether (sulfide) groups is 1. The fraction of sp³-hybridized carbons (Fsp3) is 0.214. The van der Waals surface area contributed by atoms with E-state index in [0.29, 0.717) is 16.0 Å². The van der Waals surface area contributed by atoms with Crippen molar-refractivity contribution in [1.29, 1.82) is 0 Å². The largest absolute Gasteiger partial charge is 0.272 e. The van der Waals surface area contributed by atoms with Crippen molar-refractivity contribution in [2.45, 2.75) is 38.3 Å². The van der Waals surface area contributed by atoms with Crippen molar-refractivity contribution < 1.29 is 4.79 Å². The van der Waals surface area contributed by atoms with Gasteiger partial charge in [-0.1, -0.05) is 86.1 Å². The van der Waals surface area contributed by atoms with Crippen molar-refractivity contribution in [1.82, 2.24) is 20.2 Å². The molecule has 0 radical (unpaired) electrons. The predicted octanol–water partition coefficient (Wildman–Crippen LogP) is 6.44. The van der Waals surface area contributed by atoms with Gasteiger partial charge in [-0.3, -0.25) is 9.36 Å². The van der Waals surface area contributed by atoms with Gasteiger partial charge in [0.15, 0.2) is 11.0 Å². The number of hydrogen-bond donors (Lipinski definition) is 1. The van der Waals surface area contributed by atoms with E-state index >= 15 is 0 Å². The van der Waals surface area contributed by atoms with Gasteiger partial charge in [0.05, 0.1) is 12.0 Å². The van der Waals surface area contributed by atoms with E-state index in [2.05, 4.69) is 53.6 Å². The van der Waals surface area contributed by atoms with Crippen molar-refractivity contribution in [2.24, 2.45) is 5.10 Å². The lowest BCUT2D eigenvalue weighted by atomic mass is 9.87. The van der Waals surface area contributed by atoms with Crippen LogP contribution in [0.15, 0.2) is 83.1 Å². The topological polar surface area (TPSA) is 72.2 Å². The molecule has 3 aromatic carbocycles. The first kappa shape index (κ1) is 25.7.